The van der Waals surface area contributed by atoms with Crippen molar-refractivity contribution in [3.63, 3.8) is 0 Å². The molecule has 2 unspecified atom stereocenters. The van der Waals surface area contributed by atoms with E-state index in [4.69, 9.17) is 4.74 Å². The monoisotopic (exact) mass is 946 g/mol. The molecule has 0 bridgehead atoms. The van der Waals surface area contributed by atoms with Crippen molar-refractivity contribution in [3.8, 4) is 0 Å². The summed E-state index contributed by atoms with van der Waals surface area (Å²) in [7, 11) is 0. The van der Waals surface area contributed by atoms with Crippen LogP contribution in [0.2, 0.25) is 0 Å². The molecule has 3 N–H and O–H groups in total. The molecule has 0 aliphatic rings. The average Bonchev–Trinajstić information content (AvgIpc) is 3.33. The molecule has 0 aromatic carbocycles. The highest BCUT2D eigenvalue weighted by Crippen LogP contribution is 2.18. The molecule has 0 spiro atoms. The van der Waals surface area contributed by atoms with Gasteiger partial charge in [0.05, 0.1) is 25.4 Å². The molecule has 2 atom stereocenters. The molecule has 0 radical (unpaired) electrons. The minimum absolute atomic E-state index is 0.0192. The van der Waals surface area contributed by atoms with Crippen LogP contribution in [0.3, 0.4) is 0 Å². The van der Waals surface area contributed by atoms with Crippen molar-refractivity contribution in [2.24, 2.45) is 0 Å². The maximum absolute atomic E-state index is 12.4. The molecule has 6 nitrogen and oxygen atoms in total. The van der Waals surface area contributed by atoms with Gasteiger partial charge in [0.25, 0.3) is 0 Å². The highest BCUT2D eigenvalue weighted by Gasteiger charge is 2.18. The third-order valence-electron chi connectivity index (χ3n) is 14.3. The maximum Gasteiger partial charge on any atom is 0.305 e. The van der Waals surface area contributed by atoms with E-state index in [1.54, 1.807) is 6.08 Å². The Balaban J connectivity index is 3.33. The summed E-state index contributed by atoms with van der Waals surface area (Å²) in [5.74, 6) is -0.0476. The largest absolute Gasteiger partial charge is 0.466 e. The highest BCUT2D eigenvalue weighted by atomic mass is 16.5. The summed E-state index contributed by atoms with van der Waals surface area (Å²) in [6.45, 7) is 4.91. The minimum atomic E-state index is -0.840. The smallest absolute Gasteiger partial charge is 0.305 e. The molecule has 0 saturated heterocycles. The van der Waals surface area contributed by atoms with Gasteiger partial charge in [-0.15, -0.1) is 0 Å². The Bertz CT molecular complexity index is 1000. The second-order valence-electron chi connectivity index (χ2n) is 21.0. The molecule has 67 heavy (non-hydrogen) atoms. The second kappa shape index (κ2) is 57.2. The molecule has 0 fully saturated rings. The van der Waals surface area contributed by atoms with Gasteiger partial charge in [0.1, 0.15) is 0 Å². The van der Waals surface area contributed by atoms with Crippen molar-refractivity contribution in [1.82, 2.24) is 5.32 Å². The number of amides is 1. The van der Waals surface area contributed by atoms with Gasteiger partial charge in [-0.05, 0) is 32.1 Å². The number of hydrogen-bond acceptors (Lipinski definition) is 5. The molecule has 1 amide bonds. The van der Waals surface area contributed by atoms with Gasteiger partial charge >= 0.3 is 5.97 Å². The summed E-state index contributed by atoms with van der Waals surface area (Å²) < 4.78 is 5.49. The highest BCUT2D eigenvalue weighted by molar-refractivity contribution is 5.76. The molecule has 0 aliphatic carbocycles. The summed E-state index contributed by atoms with van der Waals surface area (Å²) in [4.78, 5) is 24.5. The van der Waals surface area contributed by atoms with E-state index in [1.165, 1.54) is 276 Å². The number of allylic oxidation sites excluding steroid dienone is 1. The lowest BCUT2D eigenvalue weighted by molar-refractivity contribution is -0.143. The number of esters is 1. The van der Waals surface area contributed by atoms with E-state index in [-0.39, 0.29) is 18.5 Å². The third-order valence-corrected chi connectivity index (χ3v) is 14.3. The predicted octanol–water partition coefficient (Wildman–Crippen LogP) is 18.9. The zero-order chi connectivity index (χ0) is 48.6. The van der Waals surface area contributed by atoms with Crippen LogP contribution in [0.4, 0.5) is 0 Å². The number of unbranched alkanes of at least 4 members (excludes halogenated alkanes) is 46. The molecule has 0 saturated carbocycles. The van der Waals surface area contributed by atoms with E-state index in [0.717, 1.165) is 38.5 Å². The van der Waals surface area contributed by atoms with Crippen LogP contribution in [0.5, 0.6) is 0 Å². The number of aliphatic hydroxyl groups excluding tert-OH is 2. The van der Waals surface area contributed by atoms with Gasteiger partial charge < -0.3 is 20.3 Å². The van der Waals surface area contributed by atoms with Crippen molar-refractivity contribution < 1.29 is 24.5 Å². The Kier molecular flexibility index (Phi) is 56.0. The standard InChI is InChI=1S/C61H119NO5/c1-3-5-7-9-11-13-15-16-28-32-35-39-43-47-51-55-61(66)67-56-52-48-44-40-36-33-30-27-25-23-21-19-17-18-20-22-24-26-29-31-34-38-42-46-50-54-60(65)62-58(57-63)59(64)53-49-45-41-37-14-12-10-8-6-4-2/h49,53,58-59,63-64H,3-48,50-52,54-57H2,1-2H3,(H,62,65)/b53-49+. The van der Waals surface area contributed by atoms with Gasteiger partial charge in [-0.1, -0.05) is 309 Å². The average molecular weight is 947 g/mol. The van der Waals surface area contributed by atoms with Crippen LogP contribution < -0.4 is 5.32 Å². The Labute approximate surface area is 419 Å². The zero-order valence-electron chi connectivity index (χ0n) is 45.4. The van der Waals surface area contributed by atoms with E-state index in [2.05, 4.69) is 19.2 Å². The number of hydrogen-bond donors (Lipinski definition) is 3. The normalized spacial score (nSPS) is 12.6. The maximum atomic E-state index is 12.4. The van der Waals surface area contributed by atoms with Crippen LogP contribution in [-0.2, 0) is 14.3 Å². The lowest BCUT2D eigenvalue weighted by Gasteiger charge is -2.20. The van der Waals surface area contributed by atoms with E-state index >= 15 is 0 Å². The molecule has 398 valence electrons. The van der Waals surface area contributed by atoms with Crippen molar-refractivity contribution in [3.05, 3.63) is 12.2 Å². The fourth-order valence-corrected chi connectivity index (χ4v) is 9.64. The van der Waals surface area contributed by atoms with E-state index < -0.39 is 12.1 Å². The molecule has 6 heteroatoms. The van der Waals surface area contributed by atoms with Gasteiger partial charge in [0.2, 0.25) is 5.91 Å². The van der Waals surface area contributed by atoms with Gasteiger partial charge in [-0.25, -0.2) is 0 Å². The van der Waals surface area contributed by atoms with Crippen molar-refractivity contribution in [2.75, 3.05) is 13.2 Å². The van der Waals surface area contributed by atoms with Gasteiger partial charge in [-0.3, -0.25) is 9.59 Å². The van der Waals surface area contributed by atoms with Crippen molar-refractivity contribution in [1.29, 1.82) is 0 Å². The van der Waals surface area contributed by atoms with Gasteiger partial charge in [0.15, 0.2) is 0 Å². The Hall–Kier alpha value is -1.40. The second-order valence-corrected chi connectivity index (χ2v) is 21.0. The number of nitrogens with one attached hydrogen (secondary N) is 1. The lowest BCUT2D eigenvalue weighted by atomic mass is 10.0. The van der Waals surface area contributed by atoms with Gasteiger partial charge in [-0.2, -0.15) is 0 Å². The Morgan fingerprint density at radius 2 is 0.687 bits per heavy atom. The first-order chi connectivity index (χ1) is 33.0. The van der Waals surface area contributed by atoms with Crippen LogP contribution in [-0.4, -0.2) is 47.4 Å². The summed E-state index contributed by atoms with van der Waals surface area (Å²) in [5, 5.41) is 23.0. The summed E-state index contributed by atoms with van der Waals surface area (Å²) in [6.07, 6.45) is 68.3. The molecular weight excluding hydrogens is 827 g/mol. The van der Waals surface area contributed by atoms with Crippen molar-refractivity contribution >= 4 is 11.9 Å². The first kappa shape index (κ1) is 65.6. The molecule has 0 aromatic rings. The quantitative estimate of drug-likeness (QED) is 0.0321. The van der Waals surface area contributed by atoms with Gasteiger partial charge in [0, 0.05) is 12.8 Å². The lowest BCUT2D eigenvalue weighted by Crippen LogP contribution is -2.45. The van der Waals surface area contributed by atoms with Crippen LogP contribution in [0, 0.1) is 0 Å². The zero-order valence-corrected chi connectivity index (χ0v) is 45.4. The number of aliphatic hydroxyl groups is 2. The van der Waals surface area contributed by atoms with E-state index in [1.807, 2.05) is 6.08 Å². The van der Waals surface area contributed by atoms with Crippen LogP contribution >= 0.6 is 0 Å². The molecule has 0 aliphatic heterocycles. The minimum Gasteiger partial charge on any atom is -0.466 e. The van der Waals surface area contributed by atoms with E-state index in [9.17, 15) is 19.8 Å². The first-order valence-electron chi connectivity index (χ1n) is 30.5. The van der Waals surface area contributed by atoms with Crippen LogP contribution in [0.25, 0.3) is 0 Å². The number of carbonyl (C=O) groups excluding carboxylic acids is 2. The number of rotatable bonds is 57. The molecule has 0 heterocycles. The topological polar surface area (TPSA) is 95.9 Å². The Morgan fingerprint density at radius 1 is 0.403 bits per heavy atom. The van der Waals surface area contributed by atoms with E-state index in [0.29, 0.717) is 19.4 Å². The molecule has 0 aromatic heterocycles. The fourth-order valence-electron chi connectivity index (χ4n) is 9.64. The van der Waals surface area contributed by atoms with Crippen LogP contribution in [0.15, 0.2) is 12.2 Å². The summed E-state index contributed by atoms with van der Waals surface area (Å²) in [5.41, 5.74) is 0. The SMILES string of the molecule is CCCCCCCCCC/C=C/C(O)C(CO)NC(=O)CCCCCCCCCCCCCCCCCCCCCCCCCCCOC(=O)CCCCCCCCCCCCCCCCC. The fraction of sp³-hybridized carbons (Fsp3) is 0.934. The summed E-state index contributed by atoms with van der Waals surface area (Å²) in [6, 6.07) is -0.624. The molecule has 0 rings (SSSR count). The van der Waals surface area contributed by atoms with Crippen molar-refractivity contribution in [2.45, 2.75) is 353 Å². The molecular formula is C61H119NO5. The number of ether oxygens (including phenoxy) is 1. The third kappa shape index (κ3) is 53.8. The Morgan fingerprint density at radius 3 is 1.01 bits per heavy atom. The van der Waals surface area contributed by atoms with Crippen LogP contribution in [0.1, 0.15) is 341 Å². The summed E-state index contributed by atoms with van der Waals surface area (Å²) >= 11 is 0. The predicted molar refractivity (Wildman–Crippen MR) is 292 cm³/mol. The first-order valence-corrected chi connectivity index (χ1v) is 30.5. The number of carbonyl (C=O) groups is 2.